The van der Waals surface area contributed by atoms with Gasteiger partial charge in [0.15, 0.2) is 0 Å². The Balaban J connectivity index is 2.45. The van der Waals surface area contributed by atoms with Crippen LogP contribution in [0.5, 0.6) is 0 Å². The summed E-state index contributed by atoms with van der Waals surface area (Å²) in [6, 6.07) is 6.61. The number of thioether (sulfide) groups is 1. The van der Waals surface area contributed by atoms with E-state index in [4.69, 9.17) is 5.11 Å². The molecule has 0 heterocycles. The maximum absolute atomic E-state index is 12.2. The number of aryl methyl sites for hydroxylation is 2. The molecule has 0 unspecified atom stereocenters. The molecule has 1 rings (SSSR count). The van der Waals surface area contributed by atoms with Crippen LogP contribution >= 0.6 is 11.8 Å². The molecule has 1 aromatic carbocycles. The third kappa shape index (κ3) is 6.10. The number of aliphatic hydroxyl groups excluding tert-OH is 1. The first-order valence-corrected chi connectivity index (χ1v) is 8.54. The van der Waals surface area contributed by atoms with Gasteiger partial charge >= 0.3 is 0 Å². The molecule has 0 saturated carbocycles. The molecule has 21 heavy (non-hydrogen) atoms. The van der Waals surface area contributed by atoms with E-state index >= 15 is 0 Å². The highest BCUT2D eigenvalue weighted by Gasteiger charge is 2.15. The molecule has 0 aliphatic rings. The van der Waals surface area contributed by atoms with Crippen molar-refractivity contribution in [1.29, 1.82) is 0 Å². The van der Waals surface area contributed by atoms with Crippen LogP contribution in [-0.4, -0.2) is 40.9 Å². The molecule has 0 bridgehead atoms. The maximum atomic E-state index is 12.2. The quantitative estimate of drug-likeness (QED) is 0.748. The van der Waals surface area contributed by atoms with Crippen molar-refractivity contribution in [3.63, 3.8) is 0 Å². The van der Waals surface area contributed by atoms with E-state index in [-0.39, 0.29) is 18.6 Å². The van der Waals surface area contributed by atoms with Gasteiger partial charge in [0, 0.05) is 36.3 Å². The Morgan fingerprint density at radius 1 is 1.29 bits per heavy atom. The Labute approximate surface area is 132 Å². The van der Waals surface area contributed by atoms with Crippen molar-refractivity contribution in [3.8, 4) is 0 Å². The van der Waals surface area contributed by atoms with Gasteiger partial charge < -0.3 is 10.0 Å². The van der Waals surface area contributed by atoms with Crippen molar-refractivity contribution in [2.75, 3.05) is 18.9 Å². The van der Waals surface area contributed by atoms with Crippen LogP contribution in [0.2, 0.25) is 0 Å². The Morgan fingerprint density at radius 2 is 2.00 bits per heavy atom. The zero-order valence-corrected chi connectivity index (χ0v) is 14.4. The summed E-state index contributed by atoms with van der Waals surface area (Å²) in [5.41, 5.74) is 2.59. The second-order valence-electron chi connectivity index (χ2n) is 5.60. The van der Waals surface area contributed by atoms with Crippen molar-refractivity contribution >= 4 is 17.7 Å². The molecule has 0 atom stereocenters. The summed E-state index contributed by atoms with van der Waals surface area (Å²) in [5.74, 6) is 0.971. The summed E-state index contributed by atoms with van der Waals surface area (Å²) in [6.45, 7) is 9.03. The fourth-order valence-corrected chi connectivity index (χ4v) is 3.05. The van der Waals surface area contributed by atoms with Gasteiger partial charge in [0.25, 0.3) is 0 Å². The van der Waals surface area contributed by atoms with E-state index in [0.29, 0.717) is 19.4 Å². The van der Waals surface area contributed by atoms with Crippen LogP contribution in [0.3, 0.4) is 0 Å². The molecule has 0 aliphatic carbocycles. The third-order valence-electron chi connectivity index (χ3n) is 3.56. The number of carbonyl (C=O) groups excluding carboxylic acids is 1. The topological polar surface area (TPSA) is 40.5 Å². The molecular formula is C17H27NO2S. The molecule has 1 N–H and O–H groups in total. The number of hydrogen-bond acceptors (Lipinski definition) is 3. The zero-order chi connectivity index (χ0) is 15.8. The van der Waals surface area contributed by atoms with E-state index in [1.54, 1.807) is 11.8 Å². The number of rotatable bonds is 8. The standard InChI is InChI=1S/C17H27NO2S/c1-13(2)18(9-5-10-19)17(20)8-11-21-16-7-6-14(3)15(4)12-16/h6-7,12-13,19H,5,8-11H2,1-4H3. The number of nitrogens with zero attached hydrogens (tertiary/aromatic N) is 1. The first kappa shape index (κ1) is 18.1. The average molecular weight is 309 g/mol. The Bertz CT molecular complexity index is 460. The lowest BCUT2D eigenvalue weighted by atomic mass is 10.1. The molecule has 0 aromatic heterocycles. The number of hydrogen-bond donors (Lipinski definition) is 1. The normalized spacial score (nSPS) is 11.0. The van der Waals surface area contributed by atoms with Gasteiger partial charge in [-0.2, -0.15) is 0 Å². The molecule has 1 aromatic rings. The fraction of sp³-hybridized carbons (Fsp3) is 0.588. The first-order valence-electron chi connectivity index (χ1n) is 7.56. The summed E-state index contributed by atoms with van der Waals surface area (Å²) in [7, 11) is 0. The molecule has 118 valence electrons. The summed E-state index contributed by atoms with van der Waals surface area (Å²) in [5, 5.41) is 8.91. The highest BCUT2D eigenvalue weighted by atomic mass is 32.2. The summed E-state index contributed by atoms with van der Waals surface area (Å²) < 4.78 is 0. The van der Waals surface area contributed by atoms with Crippen LogP contribution in [0, 0.1) is 13.8 Å². The molecule has 1 amide bonds. The third-order valence-corrected chi connectivity index (χ3v) is 4.56. The van der Waals surface area contributed by atoms with Gasteiger partial charge in [-0.05, 0) is 57.4 Å². The average Bonchev–Trinajstić information content (AvgIpc) is 2.43. The van der Waals surface area contributed by atoms with E-state index in [1.165, 1.54) is 16.0 Å². The van der Waals surface area contributed by atoms with Crippen LogP contribution in [0.4, 0.5) is 0 Å². The fourth-order valence-electron chi connectivity index (χ4n) is 2.12. The first-order chi connectivity index (χ1) is 9.95. The van der Waals surface area contributed by atoms with Crippen LogP contribution in [-0.2, 0) is 4.79 Å². The number of aliphatic hydroxyl groups is 1. The van der Waals surface area contributed by atoms with Crippen molar-refractivity contribution in [1.82, 2.24) is 4.90 Å². The highest BCUT2D eigenvalue weighted by Crippen LogP contribution is 2.22. The lowest BCUT2D eigenvalue weighted by Crippen LogP contribution is -2.38. The number of amides is 1. The zero-order valence-electron chi connectivity index (χ0n) is 13.6. The molecule has 0 saturated heterocycles. The smallest absolute Gasteiger partial charge is 0.223 e. The molecule has 0 spiro atoms. The Kier molecular flexibility index (Phi) is 7.83. The van der Waals surface area contributed by atoms with Crippen molar-refractivity contribution in [2.24, 2.45) is 0 Å². The minimum Gasteiger partial charge on any atom is -0.396 e. The summed E-state index contributed by atoms with van der Waals surface area (Å²) in [4.78, 5) is 15.3. The largest absolute Gasteiger partial charge is 0.396 e. The van der Waals surface area contributed by atoms with Crippen molar-refractivity contribution in [2.45, 2.75) is 51.5 Å². The minimum absolute atomic E-state index is 0.133. The molecule has 4 heteroatoms. The van der Waals surface area contributed by atoms with Gasteiger partial charge in [0.2, 0.25) is 5.91 Å². The van der Waals surface area contributed by atoms with E-state index in [2.05, 4.69) is 32.0 Å². The van der Waals surface area contributed by atoms with Gasteiger partial charge in [-0.25, -0.2) is 0 Å². The van der Waals surface area contributed by atoms with Crippen molar-refractivity contribution in [3.05, 3.63) is 29.3 Å². The van der Waals surface area contributed by atoms with Gasteiger partial charge in [-0.1, -0.05) is 6.07 Å². The lowest BCUT2D eigenvalue weighted by molar-refractivity contribution is -0.132. The van der Waals surface area contributed by atoms with E-state index < -0.39 is 0 Å². The predicted octanol–water partition coefficient (Wildman–Crippen LogP) is 3.41. The molecule has 0 aliphatic heterocycles. The van der Waals surface area contributed by atoms with Gasteiger partial charge in [0.1, 0.15) is 0 Å². The van der Waals surface area contributed by atoms with Crippen LogP contribution in [0.15, 0.2) is 23.1 Å². The summed E-state index contributed by atoms with van der Waals surface area (Å²) >= 11 is 1.73. The minimum atomic E-state index is 0.133. The second-order valence-corrected chi connectivity index (χ2v) is 6.77. The summed E-state index contributed by atoms with van der Waals surface area (Å²) in [6.07, 6.45) is 1.19. The van der Waals surface area contributed by atoms with E-state index in [1.807, 2.05) is 18.7 Å². The highest BCUT2D eigenvalue weighted by molar-refractivity contribution is 7.99. The maximum Gasteiger partial charge on any atom is 0.223 e. The van der Waals surface area contributed by atoms with Gasteiger partial charge in [-0.15, -0.1) is 11.8 Å². The number of benzene rings is 1. The molecule has 3 nitrogen and oxygen atoms in total. The van der Waals surface area contributed by atoms with Crippen LogP contribution in [0.1, 0.15) is 37.8 Å². The van der Waals surface area contributed by atoms with Gasteiger partial charge in [0.05, 0.1) is 0 Å². The SMILES string of the molecule is Cc1ccc(SCCC(=O)N(CCCO)C(C)C)cc1C. The molecule has 0 fully saturated rings. The Hall–Kier alpha value is -1.00. The van der Waals surface area contributed by atoms with Crippen molar-refractivity contribution < 1.29 is 9.90 Å². The molecule has 0 radical (unpaired) electrons. The molecular weight excluding hydrogens is 282 g/mol. The number of carbonyl (C=O) groups is 1. The second kappa shape index (κ2) is 9.11. The predicted molar refractivity (Wildman–Crippen MR) is 89.8 cm³/mol. The lowest BCUT2D eigenvalue weighted by Gasteiger charge is -2.26. The Morgan fingerprint density at radius 3 is 2.57 bits per heavy atom. The van der Waals surface area contributed by atoms with E-state index in [9.17, 15) is 4.79 Å². The van der Waals surface area contributed by atoms with Gasteiger partial charge in [-0.3, -0.25) is 4.79 Å². The van der Waals surface area contributed by atoms with E-state index in [0.717, 1.165) is 5.75 Å². The monoisotopic (exact) mass is 309 g/mol. The van der Waals surface area contributed by atoms with Crippen LogP contribution in [0.25, 0.3) is 0 Å². The van der Waals surface area contributed by atoms with Crippen LogP contribution < -0.4 is 0 Å².